The van der Waals surface area contributed by atoms with Gasteiger partial charge < -0.3 is 9.84 Å². The summed E-state index contributed by atoms with van der Waals surface area (Å²) in [4.78, 5) is 4.48. The predicted octanol–water partition coefficient (Wildman–Crippen LogP) is 2.75. The zero-order valence-electron chi connectivity index (χ0n) is 13.1. The Morgan fingerprint density at radius 1 is 1.12 bits per heavy atom. The molecule has 1 N–H and O–H groups in total. The van der Waals surface area contributed by atoms with Crippen molar-refractivity contribution in [2.45, 2.75) is 11.0 Å². The van der Waals surface area contributed by atoms with Crippen molar-refractivity contribution < 1.29 is 18.3 Å². The minimum Gasteiger partial charge on any atom is -0.490 e. The van der Waals surface area contributed by atoms with E-state index in [0.29, 0.717) is 11.3 Å². The summed E-state index contributed by atoms with van der Waals surface area (Å²) < 4.78 is 28.5. The summed E-state index contributed by atoms with van der Waals surface area (Å²) in [6.07, 6.45) is 2.01. The molecule has 5 nitrogen and oxygen atoms in total. The largest absolute Gasteiger partial charge is 0.490 e. The van der Waals surface area contributed by atoms with Gasteiger partial charge in [-0.2, -0.15) is 0 Å². The number of aliphatic hydroxyl groups excluding tert-OH is 1. The Morgan fingerprint density at radius 3 is 2.58 bits per heavy atom. The van der Waals surface area contributed by atoms with E-state index in [1.165, 1.54) is 12.1 Å². The van der Waals surface area contributed by atoms with Gasteiger partial charge in [-0.1, -0.05) is 18.2 Å². The summed E-state index contributed by atoms with van der Waals surface area (Å²) in [5, 5.41) is 11.2. The molecule has 0 aliphatic rings. The van der Waals surface area contributed by atoms with E-state index in [1.807, 2.05) is 30.3 Å². The third kappa shape index (κ3) is 3.72. The fourth-order valence-corrected chi connectivity index (χ4v) is 2.98. The number of ether oxygens (including phenoxy) is 1. The Balaban J connectivity index is 1.69. The third-order valence-corrected chi connectivity index (χ3v) is 4.81. The molecule has 3 rings (SSSR count). The van der Waals surface area contributed by atoms with Crippen molar-refractivity contribution >= 4 is 20.7 Å². The molecule has 1 atom stereocenters. The highest BCUT2D eigenvalue weighted by molar-refractivity contribution is 7.90. The lowest BCUT2D eigenvalue weighted by Gasteiger charge is -2.13. The fraction of sp³-hybridized carbons (Fsp3) is 0.167. The summed E-state index contributed by atoms with van der Waals surface area (Å²) in [7, 11) is -3.24. The van der Waals surface area contributed by atoms with Crippen LogP contribution in [0.5, 0.6) is 5.75 Å². The van der Waals surface area contributed by atoms with Gasteiger partial charge in [0, 0.05) is 23.9 Å². The van der Waals surface area contributed by atoms with Crippen LogP contribution in [0.1, 0.15) is 11.7 Å². The molecule has 0 saturated heterocycles. The van der Waals surface area contributed by atoms with Gasteiger partial charge in [-0.15, -0.1) is 0 Å². The van der Waals surface area contributed by atoms with E-state index in [4.69, 9.17) is 4.74 Å². The van der Waals surface area contributed by atoms with Crippen LogP contribution in [-0.4, -0.2) is 31.4 Å². The number of hydrogen-bond acceptors (Lipinski definition) is 5. The van der Waals surface area contributed by atoms with E-state index in [9.17, 15) is 13.5 Å². The number of pyridine rings is 1. The smallest absolute Gasteiger partial charge is 0.175 e. The number of aliphatic hydroxyl groups is 1. The summed E-state index contributed by atoms with van der Waals surface area (Å²) in [5.41, 5.74) is 1.42. The van der Waals surface area contributed by atoms with Gasteiger partial charge in [-0.05, 0) is 35.9 Å². The van der Waals surface area contributed by atoms with Gasteiger partial charge in [0.05, 0.1) is 10.4 Å². The molecule has 24 heavy (non-hydrogen) atoms. The van der Waals surface area contributed by atoms with Crippen molar-refractivity contribution in [3.63, 3.8) is 0 Å². The highest BCUT2D eigenvalue weighted by Crippen LogP contribution is 2.21. The van der Waals surface area contributed by atoms with Crippen molar-refractivity contribution in [1.29, 1.82) is 0 Å². The van der Waals surface area contributed by atoms with E-state index < -0.39 is 15.9 Å². The van der Waals surface area contributed by atoms with Gasteiger partial charge in [0.25, 0.3) is 0 Å². The average Bonchev–Trinajstić information content (AvgIpc) is 2.59. The summed E-state index contributed by atoms with van der Waals surface area (Å²) in [6, 6.07) is 15.5. The molecule has 124 valence electrons. The second kappa shape index (κ2) is 6.59. The highest BCUT2D eigenvalue weighted by atomic mass is 32.2. The second-order valence-corrected chi connectivity index (χ2v) is 7.54. The molecule has 0 fully saturated rings. The van der Waals surface area contributed by atoms with Crippen LogP contribution in [0.4, 0.5) is 0 Å². The Bertz CT molecular complexity index is 952. The third-order valence-electron chi connectivity index (χ3n) is 3.68. The maximum atomic E-state index is 11.4. The minimum atomic E-state index is -3.24. The average molecular weight is 343 g/mol. The number of fused-ring (bicyclic) bond motifs is 1. The molecular weight excluding hydrogens is 326 g/mol. The number of nitrogens with zero attached hydrogens (tertiary/aromatic N) is 1. The molecule has 2 aromatic carbocycles. The Morgan fingerprint density at radius 2 is 1.88 bits per heavy atom. The Hall–Kier alpha value is -2.44. The van der Waals surface area contributed by atoms with Gasteiger partial charge >= 0.3 is 0 Å². The molecule has 0 radical (unpaired) electrons. The molecule has 0 saturated carbocycles. The second-order valence-electron chi connectivity index (χ2n) is 5.53. The van der Waals surface area contributed by atoms with Crippen molar-refractivity contribution in [2.24, 2.45) is 0 Å². The van der Waals surface area contributed by atoms with Crippen LogP contribution in [0.15, 0.2) is 65.7 Å². The maximum absolute atomic E-state index is 11.4. The van der Waals surface area contributed by atoms with Gasteiger partial charge in [0.15, 0.2) is 9.84 Å². The topological polar surface area (TPSA) is 76.5 Å². The van der Waals surface area contributed by atoms with Crippen LogP contribution in [0.25, 0.3) is 10.9 Å². The Kier molecular flexibility index (Phi) is 4.51. The predicted molar refractivity (Wildman–Crippen MR) is 91.7 cm³/mol. The molecular formula is C18H17NO4S. The zero-order chi connectivity index (χ0) is 17.2. The van der Waals surface area contributed by atoms with Crippen molar-refractivity contribution in [2.75, 3.05) is 12.9 Å². The first-order chi connectivity index (χ1) is 11.4. The first-order valence-corrected chi connectivity index (χ1v) is 9.28. The van der Waals surface area contributed by atoms with Crippen LogP contribution in [0.2, 0.25) is 0 Å². The number of sulfone groups is 1. The molecule has 0 bridgehead atoms. The summed E-state index contributed by atoms with van der Waals surface area (Å²) in [5.74, 6) is 0.619. The summed E-state index contributed by atoms with van der Waals surface area (Å²) in [6.45, 7) is 0.0660. The van der Waals surface area contributed by atoms with Crippen LogP contribution in [0.3, 0.4) is 0 Å². The van der Waals surface area contributed by atoms with E-state index in [0.717, 1.165) is 17.2 Å². The van der Waals surface area contributed by atoms with E-state index in [-0.39, 0.29) is 11.5 Å². The van der Waals surface area contributed by atoms with Gasteiger partial charge in [0.2, 0.25) is 0 Å². The molecule has 0 aliphatic heterocycles. The molecule has 0 spiro atoms. The van der Waals surface area contributed by atoms with Crippen molar-refractivity contribution in [3.8, 4) is 5.75 Å². The molecule has 1 unspecified atom stereocenters. The van der Waals surface area contributed by atoms with Crippen molar-refractivity contribution in [1.82, 2.24) is 4.98 Å². The number of rotatable bonds is 5. The molecule has 1 aromatic heterocycles. The van der Waals surface area contributed by atoms with Crippen LogP contribution >= 0.6 is 0 Å². The lowest BCUT2D eigenvalue weighted by molar-refractivity contribution is 0.108. The number of hydrogen-bond donors (Lipinski definition) is 1. The van der Waals surface area contributed by atoms with E-state index in [2.05, 4.69) is 4.98 Å². The van der Waals surface area contributed by atoms with E-state index >= 15 is 0 Å². The SMILES string of the molecule is CS(=O)(=O)c1ccc(C(O)COc2ccc3cccnc3c2)cc1. The molecule has 3 aromatic rings. The molecule has 0 amide bonds. The van der Waals surface area contributed by atoms with Gasteiger partial charge in [0.1, 0.15) is 18.5 Å². The number of aromatic nitrogens is 1. The first kappa shape index (κ1) is 16.4. The number of benzene rings is 2. The normalized spacial score (nSPS) is 12.9. The van der Waals surface area contributed by atoms with Crippen molar-refractivity contribution in [3.05, 3.63) is 66.4 Å². The molecule has 6 heteroatoms. The standard InChI is InChI=1S/C18H17NO4S/c1-24(21,22)16-8-5-14(6-9-16)18(20)12-23-15-7-4-13-3-2-10-19-17(13)11-15/h2-11,18,20H,12H2,1H3. The van der Waals surface area contributed by atoms with E-state index in [1.54, 1.807) is 18.3 Å². The van der Waals surface area contributed by atoms with Crippen LogP contribution < -0.4 is 4.74 Å². The minimum absolute atomic E-state index is 0.0660. The monoisotopic (exact) mass is 343 g/mol. The molecule has 0 aliphatic carbocycles. The quantitative estimate of drug-likeness (QED) is 0.771. The van der Waals surface area contributed by atoms with Crippen LogP contribution in [-0.2, 0) is 9.84 Å². The molecule has 1 heterocycles. The lowest BCUT2D eigenvalue weighted by Crippen LogP contribution is -2.10. The lowest BCUT2D eigenvalue weighted by atomic mass is 10.1. The fourth-order valence-electron chi connectivity index (χ4n) is 2.34. The van der Waals surface area contributed by atoms with Crippen LogP contribution in [0, 0.1) is 0 Å². The van der Waals surface area contributed by atoms with Gasteiger partial charge in [-0.3, -0.25) is 4.98 Å². The van der Waals surface area contributed by atoms with Gasteiger partial charge in [-0.25, -0.2) is 8.42 Å². The highest BCUT2D eigenvalue weighted by Gasteiger charge is 2.11. The summed E-state index contributed by atoms with van der Waals surface area (Å²) >= 11 is 0. The maximum Gasteiger partial charge on any atom is 0.175 e. The first-order valence-electron chi connectivity index (χ1n) is 7.39. The Labute approximate surface area is 140 Å². The zero-order valence-corrected chi connectivity index (χ0v) is 13.9.